The number of hydrogen-bond donors (Lipinski definition) is 3. The largest absolute Gasteiger partial charge is 0.492 e. The summed E-state index contributed by atoms with van der Waals surface area (Å²) < 4.78 is 7.74. The minimum Gasteiger partial charge on any atom is -0.492 e. The number of rotatable bonds is 9. The third kappa shape index (κ3) is 7.56. The Morgan fingerprint density at radius 3 is 3.03 bits per heavy atom. The van der Waals surface area contributed by atoms with Crippen molar-refractivity contribution in [2.75, 3.05) is 31.6 Å². The molecule has 0 unspecified atom stereocenters. The van der Waals surface area contributed by atoms with Crippen LogP contribution in [-0.4, -0.2) is 47.9 Å². The molecule has 29 heavy (non-hydrogen) atoms. The van der Waals surface area contributed by atoms with Gasteiger partial charge in [-0.1, -0.05) is 0 Å². The number of benzene rings is 1. The molecule has 0 atom stereocenters. The molecule has 8 nitrogen and oxygen atoms in total. The van der Waals surface area contributed by atoms with Gasteiger partial charge in [0.2, 0.25) is 5.91 Å². The number of amides is 1. The highest BCUT2D eigenvalue weighted by molar-refractivity contribution is 14.0. The number of carbonyl (C=O) groups is 1. The van der Waals surface area contributed by atoms with Crippen LogP contribution < -0.4 is 20.7 Å². The van der Waals surface area contributed by atoms with E-state index in [2.05, 4.69) is 26.0 Å². The van der Waals surface area contributed by atoms with Gasteiger partial charge in [0.15, 0.2) is 5.96 Å². The van der Waals surface area contributed by atoms with Crippen LogP contribution in [0.5, 0.6) is 5.75 Å². The van der Waals surface area contributed by atoms with Crippen LogP contribution in [0.15, 0.2) is 41.7 Å². The summed E-state index contributed by atoms with van der Waals surface area (Å²) in [5.74, 6) is 1.68. The zero-order chi connectivity index (χ0) is 19.6. The number of fused-ring (bicyclic) bond motifs is 1. The monoisotopic (exact) mass is 512 g/mol. The molecule has 1 amide bonds. The Labute approximate surface area is 188 Å². The number of ether oxygens (including phenoxy) is 1. The molecule has 1 aromatic carbocycles. The zero-order valence-electron chi connectivity index (χ0n) is 16.7. The van der Waals surface area contributed by atoms with Crippen LogP contribution >= 0.6 is 24.0 Å². The van der Waals surface area contributed by atoms with E-state index in [-0.39, 0.29) is 29.9 Å². The van der Waals surface area contributed by atoms with E-state index >= 15 is 0 Å². The van der Waals surface area contributed by atoms with Crippen molar-refractivity contribution in [2.45, 2.75) is 32.7 Å². The predicted molar refractivity (Wildman–Crippen MR) is 125 cm³/mol. The molecule has 3 rings (SSSR count). The van der Waals surface area contributed by atoms with Crippen LogP contribution in [0.2, 0.25) is 0 Å². The number of anilines is 1. The minimum atomic E-state index is 0. The van der Waals surface area contributed by atoms with Crippen LogP contribution in [0, 0.1) is 0 Å². The SMILES string of the molecule is CCNC(=NCCCn1cccn1)NCCOc1ccc2c(c1)CCC(=O)N2.I. The second-order valence-electron chi connectivity index (χ2n) is 6.53. The molecule has 2 heterocycles. The van der Waals surface area contributed by atoms with Gasteiger partial charge in [-0.3, -0.25) is 14.5 Å². The van der Waals surface area contributed by atoms with Crippen LogP contribution in [0.3, 0.4) is 0 Å². The van der Waals surface area contributed by atoms with E-state index in [0.29, 0.717) is 19.6 Å². The average Bonchev–Trinajstić information content (AvgIpc) is 3.22. The van der Waals surface area contributed by atoms with Crippen LogP contribution in [-0.2, 0) is 17.8 Å². The van der Waals surface area contributed by atoms with E-state index in [0.717, 1.165) is 55.4 Å². The van der Waals surface area contributed by atoms with E-state index in [1.54, 1.807) is 6.20 Å². The van der Waals surface area contributed by atoms with Crippen molar-refractivity contribution in [3.63, 3.8) is 0 Å². The Balaban J connectivity index is 0.00000300. The fourth-order valence-electron chi connectivity index (χ4n) is 2.99. The van der Waals surface area contributed by atoms with Gasteiger partial charge in [-0.2, -0.15) is 5.10 Å². The molecule has 2 aromatic rings. The van der Waals surface area contributed by atoms with Crippen molar-refractivity contribution in [1.82, 2.24) is 20.4 Å². The summed E-state index contributed by atoms with van der Waals surface area (Å²) in [5, 5.41) is 13.6. The summed E-state index contributed by atoms with van der Waals surface area (Å²) >= 11 is 0. The van der Waals surface area contributed by atoms with Crippen molar-refractivity contribution in [1.29, 1.82) is 0 Å². The fourth-order valence-corrected chi connectivity index (χ4v) is 2.99. The average molecular weight is 512 g/mol. The molecule has 1 aliphatic rings. The smallest absolute Gasteiger partial charge is 0.224 e. The van der Waals surface area contributed by atoms with Gasteiger partial charge in [-0.15, -0.1) is 24.0 Å². The van der Waals surface area contributed by atoms with E-state index in [1.165, 1.54) is 0 Å². The number of aromatic nitrogens is 2. The van der Waals surface area contributed by atoms with E-state index < -0.39 is 0 Å². The lowest BCUT2D eigenvalue weighted by Crippen LogP contribution is -2.39. The van der Waals surface area contributed by atoms with Crippen molar-refractivity contribution in [2.24, 2.45) is 4.99 Å². The number of aryl methyl sites for hydroxylation is 2. The number of hydrogen-bond acceptors (Lipinski definition) is 4. The molecule has 0 saturated heterocycles. The quantitative estimate of drug-likeness (QED) is 0.208. The maximum atomic E-state index is 11.4. The van der Waals surface area contributed by atoms with Gasteiger partial charge in [0.25, 0.3) is 0 Å². The first-order valence-corrected chi connectivity index (χ1v) is 9.80. The summed E-state index contributed by atoms with van der Waals surface area (Å²) in [7, 11) is 0. The Hall–Kier alpha value is -2.30. The fraction of sp³-hybridized carbons (Fsp3) is 0.450. The van der Waals surface area contributed by atoms with Crippen LogP contribution in [0.4, 0.5) is 5.69 Å². The Morgan fingerprint density at radius 1 is 1.34 bits per heavy atom. The van der Waals surface area contributed by atoms with Gasteiger partial charge in [0.1, 0.15) is 12.4 Å². The molecule has 1 aliphatic heterocycles. The highest BCUT2D eigenvalue weighted by Gasteiger charge is 2.14. The number of nitrogens with zero attached hydrogens (tertiary/aromatic N) is 3. The van der Waals surface area contributed by atoms with Crippen LogP contribution in [0.1, 0.15) is 25.3 Å². The molecule has 3 N–H and O–H groups in total. The minimum absolute atomic E-state index is 0. The molecule has 0 radical (unpaired) electrons. The van der Waals surface area contributed by atoms with Gasteiger partial charge in [0.05, 0.1) is 6.54 Å². The highest BCUT2D eigenvalue weighted by atomic mass is 127. The first-order chi connectivity index (χ1) is 13.7. The lowest BCUT2D eigenvalue weighted by Gasteiger charge is -2.18. The Bertz CT molecular complexity index is 794. The molecular weight excluding hydrogens is 483 g/mol. The molecular formula is C20H29IN6O2. The molecule has 0 aliphatic carbocycles. The Morgan fingerprint density at radius 2 is 2.24 bits per heavy atom. The Kier molecular flexibility index (Phi) is 9.75. The molecule has 0 spiro atoms. The predicted octanol–water partition coefficient (Wildman–Crippen LogP) is 2.41. The molecule has 1 aromatic heterocycles. The maximum Gasteiger partial charge on any atom is 0.224 e. The molecule has 0 fully saturated rings. The number of carbonyl (C=O) groups excluding carboxylic acids is 1. The first kappa shape index (κ1) is 23.0. The van der Waals surface area contributed by atoms with E-state index in [4.69, 9.17) is 4.74 Å². The van der Waals surface area contributed by atoms with E-state index in [1.807, 2.05) is 42.1 Å². The van der Waals surface area contributed by atoms with Gasteiger partial charge >= 0.3 is 0 Å². The second-order valence-corrected chi connectivity index (χ2v) is 6.53. The summed E-state index contributed by atoms with van der Waals surface area (Å²) in [5.41, 5.74) is 2.01. The topological polar surface area (TPSA) is 92.6 Å². The highest BCUT2D eigenvalue weighted by Crippen LogP contribution is 2.26. The number of halogens is 1. The van der Waals surface area contributed by atoms with Crippen LogP contribution in [0.25, 0.3) is 0 Å². The summed E-state index contributed by atoms with van der Waals surface area (Å²) in [4.78, 5) is 16.0. The number of nitrogens with one attached hydrogen (secondary N) is 3. The summed E-state index contributed by atoms with van der Waals surface area (Å²) in [6, 6.07) is 7.72. The molecule has 0 bridgehead atoms. The van der Waals surface area contributed by atoms with Crippen molar-refractivity contribution in [3.05, 3.63) is 42.2 Å². The summed E-state index contributed by atoms with van der Waals surface area (Å²) in [6.45, 7) is 5.62. The van der Waals surface area contributed by atoms with Gasteiger partial charge < -0.3 is 20.7 Å². The van der Waals surface area contributed by atoms with Gasteiger partial charge in [-0.25, -0.2) is 0 Å². The standard InChI is InChI=1S/C20H28N6O2.HI/c1-2-21-20(22-9-3-12-26-13-4-10-24-26)23-11-14-28-17-6-7-18-16(15-17)5-8-19(27)25-18;/h4,6-7,10,13,15H,2-3,5,8-9,11-12,14H2,1H3,(H,25,27)(H2,21,22,23);1H. The van der Waals surface area contributed by atoms with E-state index in [9.17, 15) is 4.79 Å². The zero-order valence-corrected chi connectivity index (χ0v) is 19.0. The van der Waals surface area contributed by atoms with Crippen molar-refractivity contribution in [3.8, 4) is 5.75 Å². The number of guanidine groups is 1. The normalized spacial score (nSPS) is 13.1. The summed E-state index contributed by atoms with van der Waals surface area (Å²) in [6.07, 6.45) is 5.96. The van der Waals surface area contributed by atoms with Crippen molar-refractivity contribution < 1.29 is 9.53 Å². The van der Waals surface area contributed by atoms with Crippen molar-refractivity contribution >= 4 is 41.5 Å². The van der Waals surface area contributed by atoms with Gasteiger partial charge in [-0.05, 0) is 49.6 Å². The second kappa shape index (κ2) is 12.3. The third-order valence-electron chi connectivity index (χ3n) is 4.35. The third-order valence-corrected chi connectivity index (χ3v) is 4.35. The number of aliphatic imine (C=N–C) groups is 1. The first-order valence-electron chi connectivity index (χ1n) is 9.80. The lowest BCUT2D eigenvalue weighted by molar-refractivity contribution is -0.116. The van der Waals surface area contributed by atoms with Gasteiger partial charge in [0, 0.05) is 44.1 Å². The maximum absolute atomic E-state index is 11.4. The molecule has 158 valence electrons. The molecule has 0 saturated carbocycles. The molecule has 9 heteroatoms. The lowest BCUT2D eigenvalue weighted by atomic mass is 10.0.